The average Bonchev–Trinajstić information content (AvgIpc) is 2.76. The number of nitrogens with one attached hydrogen (secondary N) is 1. The van der Waals surface area contributed by atoms with Crippen molar-refractivity contribution in [2.75, 3.05) is 39.3 Å². The molecule has 4 nitrogen and oxygen atoms in total. The summed E-state index contributed by atoms with van der Waals surface area (Å²) in [6, 6.07) is 16.6. The van der Waals surface area contributed by atoms with Crippen LogP contribution in [-0.4, -0.2) is 61.0 Å². The first-order valence-electron chi connectivity index (χ1n) is 10.3. The summed E-state index contributed by atoms with van der Waals surface area (Å²) in [4.78, 5) is 17.1. The number of hydrogen-bond acceptors (Lipinski definition) is 3. The van der Waals surface area contributed by atoms with Gasteiger partial charge in [-0.15, -0.1) is 0 Å². The van der Waals surface area contributed by atoms with Crippen LogP contribution in [0.1, 0.15) is 18.1 Å². The number of rotatable bonds is 8. The third-order valence-corrected chi connectivity index (χ3v) is 5.43. The molecule has 1 heterocycles. The number of piperazine rings is 1. The monoisotopic (exact) mass is 395 g/mol. The molecule has 3 rings (SSSR count). The zero-order chi connectivity index (χ0) is 20.5. The van der Waals surface area contributed by atoms with E-state index in [9.17, 15) is 9.18 Å². The summed E-state index contributed by atoms with van der Waals surface area (Å²) in [5, 5.41) is 3.01. The van der Waals surface area contributed by atoms with Crippen LogP contribution in [0.5, 0.6) is 0 Å². The highest BCUT2D eigenvalue weighted by Crippen LogP contribution is 2.08. The van der Waals surface area contributed by atoms with Gasteiger partial charge in [-0.1, -0.05) is 54.6 Å². The van der Waals surface area contributed by atoms with Gasteiger partial charge in [-0.25, -0.2) is 4.39 Å². The predicted octanol–water partition coefficient (Wildman–Crippen LogP) is 3.20. The first-order valence-corrected chi connectivity index (χ1v) is 10.3. The normalized spacial score (nSPS) is 16.8. The second-order valence-corrected chi connectivity index (χ2v) is 7.49. The van der Waals surface area contributed by atoms with Gasteiger partial charge in [0, 0.05) is 39.3 Å². The van der Waals surface area contributed by atoms with Gasteiger partial charge in [-0.2, -0.15) is 0 Å². The molecule has 1 aliphatic heterocycles. The number of benzene rings is 2. The lowest BCUT2D eigenvalue weighted by atomic mass is 10.1. The van der Waals surface area contributed by atoms with Gasteiger partial charge < -0.3 is 5.32 Å². The summed E-state index contributed by atoms with van der Waals surface area (Å²) in [7, 11) is 0. The van der Waals surface area contributed by atoms with Crippen molar-refractivity contribution in [3.05, 3.63) is 77.6 Å². The van der Waals surface area contributed by atoms with Crippen LogP contribution in [-0.2, 0) is 11.2 Å². The highest BCUT2D eigenvalue weighted by Gasteiger charge is 2.24. The summed E-state index contributed by atoms with van der Waals surface area (Å²) in [6.07, 6.45) is 5.07. The lowest BCUT2D eigenvalue weighted by molar-refractivity contribution is -0.126. The van der Waals surface area contributed by atoms with Crippen LogP contribution in [0.3, 0.4) is 0 Å². The lowest BCUT2D eigenvalue weighted by Crippen LogP contribution is -2.54. The molecule has 0 aromatic heterocycles. The molecule has 1 saturated heterocycles. The van der Waals surface area contributed by atoms with Crippen molar-refractivity contribution in [3.63, 3.8) is 0 Å². The fourth-order valence-electron chi connectivity index (χ4n) is 3.53. The molecule has 29 heavy (non-hydrogen) atoms. The molecule has 154 valence electrons. The highest BCUT2D eigenvalue weighted by molar-refractivity contribution is 5.81. The quantitative estimate of drug-likeness (QED) is 0.746. The highest BCUT2D eigenvalue weighted by atomic mass is 19.1. The molecule has 0 radical (unpaired) electrons. The Morgan fingerprint density at radius 3 is 2.45 bits per heavy atom. The first-order chi connectivity index (χ1) is 14.1. The van der Waals surface area contributed by atoms with Crippen LogP contribution in [0.15, 0.2) is 60.7 Å². The Balaban J connectivity index is 1.35. The molecule has 2 aromatic rings. The van der Waals surface area contributed by atoms with Crippen molar-refractivity contribution in [3.8, 4) is 0 Å². The Labute approximate surface area is 173 Å². The average molecular weight is 396 g/mol. The minimum atomic E-state index is -0.235. The molecule has 0 spiro atoms. The van der Waals surface area contributed by atoms with Gasteiger partial charge in [0.1, 0.15) is 5.82 Å². The maximum absolute atomic E-state index is 12.9. The van der Waals surface area contributed by atoms with E-state index in [4.69, 9.17) is 0 Å². The smallest absolute Gasteiger partial charge is 0.237 e. The largest absolute Gasteiger partial charge is 0.354 e. The molecule has 2 aromatic carbocycles. The van der Waals surface area contributed by atoms with Gasteiger partial charge in [-0.05, 0) is 36.6 Å². The van der Waals surface area contributed by atoms with Crippen molar-refractivity contribution in [2.45, 2.75) is 19.4 Å². The second kappa shape index (κ2) is 10.9. The van der Waals surface area contributed by atoms with Gasteiger partial charge >= 0.3 is 0 Å². The van der Waals surface area contributed by atoms with E-state index < -0.39 is 0 Å². The number of halogens is 1. The topological polar surface area (TPSA) is 35.6 Å². The molecule has 1 amide bonds. The molecular weight excluding hydrogens is 365 g/mol. The zero-order valence-electron chi connectivity index (χ0n) is 17.1. The molecule has 0 saturated carbocycles. The first kappa shape index (κ1) is 21.2. The fourth-order valence-corrected chi connectivity index (χ4v) is 3.53. The fraction of sp³-hybridized carbons (Fsp3) is 0.375. The molecule has 0 unspecified atom stereocenters. The van der Waals surface area contributed by atoms with Crippen LogP contribution in [0, 0.1) is 5.82 Å². The van der Waals surface area contributed by atoms with Crippen molar-refractivity contribution in [1.82, 2.24) is 15.1 Å². The van der Waals surface area contributed by atoms with Crippen LogP contribution < -0.4 is 5.32 Å². The summed E-state index contributed by atoms with van der Waals surface area (Å²) in [5.74, 6) is -0.175. The molecule has 1 N–H and O–H groups in total. The standard InChI is InChI=1S/C24H30FN3O/c1-20(24(29)26-14-13-22-9-11-23(25)12-10-22)28-18-16-27(17-19-28)15-5-8-21-6-3-2-4-7-21/h2-12,20H,13-19H2,1H3,(H,26,29)/b8-5+/t20-/m0/s1. The van der Waals surface area contributed by atoms with Gasteiger partial charge in [0.15, 0.2) is 0 Å². The van der Waals surface area contributed by atoms with E-state index in [1.165, 1.54) is 17.7 Å². The van der Waals surface area contributed by atoms with Crippen LogP contribution >= 0.6 is 0 Å². The summed E-state index contributed by atoms with van der Waals surface area (Å²) in [6.45, 7) is 7.19. The number of carbonyl (C=O) groups is 1. The Morgan fingerprint density at radius 1 is 1.07 bits per heavy atom. The minimum absolute atomic E-state index is 0.0598. The van der Waals surface area contributed by atoms with Crippen molar-refractivity contribution >= 4 is 12.0 Å². The third kappa shape index (κ3) is 6.80. The van der Waals surface area contributed by atoms with Crippen molar-refractivity contribution in [1.29, 1.82) is 0 Å². The molecule has 1 atom stereocenters. The van der Waals surface area contributed by atoms with E-state index in [0.29, 0.717) is 13.0 Å². The number of nitrogens with zero attached hydrogens (tertiary/aromatic N) is 2. The summed E-state index contributed by atoms with van der Waals surface area (Å²) >= 11 is 0. The number of amides is 1. The lowest BCUT2D eigenvalue weighted by Gasteiger charge is -2.37. The predicted molar refractivity (Wildman–Crippen MR) is 116 cm³/mol. The van der Waals surface area contributed by atoms with Crippen LogP contribution in [0.4, 0.5) is 4.39 Å². The third-order valence-electron chi connectivity index (χ3n) is 5.43. The molecule has 1 fully saturated rings. The summed E-state index contributed by atoms with van der Waals surface area (Å²) in [5.41, 5.74) is 2.24. The maximum Gasteiger partial charge on any atom is 0.237 e. The van der Waals surface area contributed by atoms with Crippen molar-refractivity contribution in [2.24, 2.45) is 0 Å². The second-order valence-electron chi connectivity index (χ2n) is 7.49. The minimum Gasteiger partial charge on any atom is -0.354 e. The van der Waals surface area contributed by atoms with E-state index >= 15 is 0 Å². The van der Waals surface area contributed by atoms with Gasteiger partial charge in [0.2, 0.25) is 5.91 Å². The molecule has 0 bridgehead atoms. The molecular formula is C24H30FN3O. The zero-order valence-corrected chi connectivity index (χ0v) is 17.1. The SMILES string of the molecule is C[C@@H](C(=O)NCCc1ccc(F)cc1)N1CCN(C/C=C/c2ccccc2)CC1. The Kier molecular flexibility index (Phi) is 7.96. The maximum atomic E-state index is 12.9. The van der Waals surface area contributed by atoms with E-state index in [-0.39, 0.29) is 17.8 Å². The van der Waals surface area contributed by atoms with E-state index in [1.807, 2.05) is 25.1 Å². The van der Waals surface area contributed by atoms with E-state index in [0.717, 1.165) is 38.3 Å². The van der Waals surface area contributed by atoms with Gasteiger partial charge in [0.05, 0.1) is 6.04 Å². The number of carbonyl (C=O) groups excluding carboxylic acids is 1. The number of hydrogen-bond donors (Lipinski definition) is 1. The van der Waals surface area contributed by atoms with E-state index in [1.54, 1.807) is 12.1 Å². The Hall–Kier alpha value is -2.50. The van der Waals surface area contributed by atoms with Crippen LogP contribution in [0.2, 0.25) is 0 Å². The summed E-state index contributed by atoms with van der Waals surface area (Å²) < 4.78 is 12.9. The van der Waals surface area contributed by atoms with Crippen molar-refractivity contribution < 1.29 is 9.18 Å². The molecule has 5 heteroatoms. The Morgan fingerprint density at radius 2 is 1.76 bits per heavy atom. The molecule has 0 aliphatic carbocycles. The van der Waals surface area contributed by atoms with Crippen LogP contribution in [0.25, 0.3) is 6.08 Å². The van der Waals surface area contributed by atoms with Gasteiger partial charge in [-0.3, -0.25) is 14.6 Å². The molecule has 1 aliphatic rings. The van der Waals surface area contributed by atoms with Gasteiger partial charge in [0.25, 0.3) is 0 Å². The van der Waals surface area contributed by atoms with E-state index in [2.05, 4.69) is 39.4 Å². The Bertz CT molecular complexity index is 784.